The number of halogens is 3. The van der Waals surface area contributed by atoms with Gasteiger partial charge in [0.15, 0.2) is 11.6 Å². The summed E-state index contributed by atoms with van der Waals surface area (Å²) in [5.74, 6) is -2.19. The molecular weight excluding hydrogens is 298 g/mol. The quantitative estimate of drug-likeness (QED) is 0.897. The van der Waals surface area contributed by atoms with Gasteiger partial charge in [-0.15, -0.1) is 0 Å². The van der Waals surface area contributed by atoms with E-state index in [-0.39, 0.29) is 12.5 Å². The topological polar surface area (TPSA) is 41.1 Å². The standard InChI is InChI=1S/C15H13ClF2N2O/c1-9-6-10(16)2-5-14(9)20-15(21)8-19-11-3-4-12(17)13(18)7-11/h2-7,19H,8H2,1H3,(H,20,21). The first kappa shape index (κ1) is 15.3. The lowest BCUT2D eigenvalue weighted by Gasteiger charge is -2.10. The molecule has 2 aromatic rings. The third-order valence-corrected chi connectivity index (χ3v) is 3.07. The fraction of sp³-hybridized carbons (Fsp3) is 0.133. The van der Waals surface area contributed by atoms with Crippen LogP contribution in [0.5, 0.6) is 0 Å². The Morgan fingerprint density at radius 3 is 2.57 bits per heavy atom. The minimum atomic E-state index is -0.964. The maximum Gasteiger partial charge on any atom is 0.243 e. The SMILES string of the molecule is Cc1cc(Cl)ccc1NC(=O)CNc1ccc(F)c(F)c1. The van der Waals surface area contributed by atoms with Gasteiger partial charge in [-0.3, -0.25) is 4.79 Å². The van der Waals surface area contributed by atoms with E-state index in [4.69, 9.17) is 11.6 Å². The fourth-order valence-corrected chi connectivity index (χ4v) is 1.98. The van der Waals surface area contributed by atoms with Gasteiger partial charge in [0, 0.05) is 22.5 Å². The van der Waals surface area contributed by atoms with Gasteiger partial charge in [-0.1, -0.05) is 11.6 Å². The number of anilines is 2. The van der Waals surface area contributed by atoms with Crippen molar-refractivity contribution in [1.82, 2.24) is 0 Å². The van der Waals surface area contributed by atoms with Crippen LogP contribution in [0.25, 0.3) is 0 Å². The van der Waals surface area contributed by atoms with E-state index in [9.17, 15) is 13.6 Å². The van der Waals surface area contributed by atoms with Crippen molar-refractivity contribution in [2.24, 2.45) is 0 Å². The number of aryl methyl sites for hydroxylation is 1. The first-order valence-electron chi connectivity index (χ1n) is 6.20. The Hall–Kier alpha value is -2.14. The van der Waals surface area contributed by atoms with Crippen molar-refractivity contribution in [1.29, 1.82) is 0 Å². The Labute approximate surface area is 125 Å². The number of rotatable bonds is 4. The molecule has 110 valence electrons. The Bertz CT molecular complexity index is 677. The summed E-state index contributed by atoms with van der Waals surface area (Å²) < 4.78 is 25.8. The number of benzene rings is 2. The molecule has 0 spiro atoms. The maximum absolute atomic E-state index is 13.0. The Morgan fingerprint density at radius 1 is 1.14 bits per heavy atom. The molecule has 0 aliphatic heterocycles. The molecule has 1 amide bonds. The number of hydrogen-bond acceptors (Lipinski definition) is 2. The molecule has 0 aromatic heterocycles. The summed E-state index contributed by atoms with van der Waals surface area (Å²) >= 11 is 5.83. The highest BCUT2D eigenvalue weighted by molar-refractivity contribution is 6.30. The average Bonchev–Trinajstić information content (AvgIpc) is 2.43. The zero-order valence-corrected chi connectivity index (χ0v) is 12.0. The third-order valence-electron chi connectivity index (χ3n) is 2.84. The summed E-state index contributed by atoms with van der Waals surface area (Å²) in [5.41, 5.74) is 1.82. The predicted octanol–water partition coefficient (Wildman–Crippen LogP) is 3.98. The second-order valence-electron chi connectivity index (χ2n) is 4.49. The monoisotopic (exact) mass is 310 g/mol. The Morgan fingerprint density at radius 2 is 1.90 bits per heavy atom. The largest absolute Gasteiger partial charge is 0.376 e. The van der Waals surface area contributed by atoms with E-state index < -0.39 is 11.6 Å². The van der Waals surface area contributed by atoms with Gasteiger partial charge in [0.05, 0.1) is 6.54 Å². The zero-order chi connectivity index (χ0) is 15.4. The maximum atomic E-state index is 13.0. The lowest BCUT2D eigenvalue weighted by molar-refractivity contribution is -0.114. The van der Waals surface area contributed by atoms with Gasteiger partial charge < -0.3 is 10.6 Å². The van der Waals surface area contributed by atoms with Crippen LogP contribution < -0.4 is 10.6 Å². The van der Waals surface area contributed by atoms with Crippen LogP contribution >= 0.6 is 11.6 Å². The van der Waals surface area contributed by atoms with Crippen molar-refractivity contribution in [3.05, 3.63) is 58.6 Å². The van der Waals surface area contributed by atoms with Crippen molar-refractivity contribution < 1.29 is 13.6 Å². The molecule has 0 saturated heterocycles. The normalized spacial score (nSPS) is 10.3. The van der Waals surface area contributed by atoms with Crippen LogP contribution in [0.3, 0.4) is 0 Å². The molecule has 0 radical (unpaired) electrons. The van der Waals surface area contributed by atoms with Crippen molar-refractivity contribution in [3.63, 3.8) is 0 Å². The molecule has 0 fully saturated rings. The van der Waals surface area contributed by atoms with Gasteiger partial charge in [0.1, 0.15) is 0 Å². The molecule has 0 aliphatic rings. The number of carbonyl (C=O) groups is 1. The van der Waals surface area contributed by atoms with Crippen LogP contribution in [0.2, 0.25) is 5.02 Å². The van der Waals surface area contributed by atoms with Gasteiger partial charge >= 0.3 is 0 Å². The summed E-state index contributed by atoms with van der Waals surface area (Å²) in [7, 11) is 0. The highest BCUT2D eigenvalue weighted by atomic mass is 35.5. The summed E-state index contributed by atoms with van der Waals surface area (Å²) in [6.07, 6.45) is 0. The van der Waals surface area contributed by atoms with Crippen LogP contribution in [-0.2, 0) is 4.79 Å². The van der Waals surface area contributed by atoms with Crippen LogP contribution in [-0.4, -0.2) is 12.5 Å². The molecule has 2 N–H and O–H groups in total. The average molecular weight is 311 g/mol. The smallest absolute Gasteiger partial charge is 0.243 e. The molecule has 2 aromatic carbocycles. The highest BCUT2D eigenvalue weighted by Crippen LogP contribution is 2.19. The molecule has 0 bridgehead atoms. The molecule has 0 atom stereocenters. The molecule has 0 heterocycles. The molecule has 3 nitrogen and oxygen atoms in total. The first-order chi connectivity index (χ1) is 9.95. The Kier molecular flexibility index (Phi) is 4.75. The summed E-state index contributed by atoms with van der Waals surface area (Å²) in [6, 6.07) is 8.47. The van der Waals surface area contributed by atoms with Crippen molar-refractivity contribution >= 4 is 28.9 Å². The second kappa shape index (κ2) is 6.54. The number of amides is 1. The molecule has 0 aliphatic carbocycles. The van der Waals surface area contributed by atoms with E-state index in [1.165, 1.54) is 6.07 Å². The zero-order valence-electron chi connectivity index (χ0n) is 11.2. The van der Waals surface area contributed by atoms with E-state index in [1.54, 1.807) is 18.2 Å². The van der Waals surface area contributed by atoms with E-state index in [1.807, 2.05) is 6.92 Å². The van der Waals surface area contributed by atoms with E-state index in [0.29, 0.717) is 16.4 Å². The van der Waals surface area contributed by atoms with E-state index in [0.717, 1.165) is 17.7 Å². The fourth-order valence-electron chi connectivity index (χ4n) is 1.75. The van der Waals surface area contributed by atoms with Crippen molar-refractivity contribution in [3.8, 4) is 0 Å². The molecule has 6 heteroatoms. The molecule has 0 saturated carbocycles. The van der Waals surface area contributed by atoms with E-state index >= 15 is 0 Å². The van der Waals surface area contributed by atoms with Gasteiger partial charge in [-0.05, 0) is 42.8 Å². The minimum absolute atomic E-state index is 0.0624. The van der Waals surface area contributed by atoms with Crippen LogP contribution in [0.4, 0.5) is 20.2 Å². The van der Waals surface area contributed by atoms with Gasteiger partial charge in [0.25, 0.3) is 0 Å². The number of carbonyl (C=O) groups excluding carboxylic acids is 1. The lowest BCUT2D eigenvalue weighted by atomic mass is 10.2. The van der Waals surface area contributed by atoms with Gasteiger partial charge in [0.2, 0.25) is 5.91 Å². The summed E-state index contributed by atoms with van der Waals surface area (Å²) in [5, 5.41) is 6.01. The third kappa shape index (κ3) is 4.16. The van der Waals surface area contributed by atoms with Crippen LogP contribution in [0.15, 0.2) is 36.4 Å². The summed E-state index contributed by atoms with van der Waals surface area (Å²) in [4.78, 5) is 11.8. The predicted molar refractivity (Wildman–Crippen MR) is 79.7 cm³/mol. The van der Waals surface area contributed by atoms with Crippen LogP contribution in [0.1, 0.15) is 5.56 Å². The molecular formula is C15H13ClF2N2O. The lowest BCUT2D eigenvalue weighted by Crippen LogP contribution is -2.22. The second-order valence-corrected chi connectivity index (χ2v) is 4.93. The van der Waals surface area contributed by atoms with Gasteiger partial charge in [-0.25, -0.2) is 8.78 Å². The van der Waals surface area contributed by atoms with Gasteiger partial charge in [-0.2, -0.15) is 0 Å². The van der Waals surface area contributed by atoms with Crippen molar-refractivity contribution in [2.45, 2.75) is 6.92 Å². The minimum Gasteiger partial charge on any atom is -0.376 e. The Balaban J connectivity index is 1.94. The van der Waals surface area contributed by atoms with E-state index in [2.05, 4.69) is 10.6 Å². The summed E-state index contributed by atoms with van der Waals surface area (Å²) in [6.45, 7) is 1.76. The highest BCUT2D eigenvalue weighted by Gasteiger charge is 2.07. The molecule has 2 rings (SSSR count). The van der Waals surface area contributed by atoms with Crippen molar-refractivity contribution in [2.75, 3.05) is 17.2 Å². The molecule has 0 unspecified atom stereocenters. The first-order valence-corrected chi connectivity index (χ1v) is 6.58. The molecule has 21 heavy (non-hydrogen) atoms. The van der Waals surface area contributed by atoms with Crippen LogP contribution in [0, 0.1) is 18.6 Å². The number of nitrogens with one attached hydrogen (secondary N) is 2. The number of hydrogen-bond donors (Lipinski definition) is 2.